The minimum Gasteiger partial charge on any atom is -0.356 e. The molecule has 0 fully saturated rings. The lowest BCUT2D eigenvalue weighted by Crippen LogP contribution is -1.89. The van der Waals surface area contributed by atoms with Crippen molar-refractivity contribution in [2.45, 2.75) is 11.8 Å². The third kappa shape index (κ3) is 2.10. The summed E-state index contributed by atoms with van der Waals surface area (Å²) in [6.45, 7) is 1.86. The van der Waals surface area contributed by atoms with Gasteiger partial charge >= 0.3 is 0 Å². The second-order valence-corrected chi connectivity index (χ2v) is 5.87. The van der Waals surface area contributed by atoms with Crippen LogP contribution in [0.1, 0.15) is 5.56 Å². The van der Waals surface area contributed by atoms with Crippen LogP contribution in [0.4, 0.5) is 0 Å². The topological polar surface area (TPSA) is 60.2 Å². The first-order valence-corrected chi connectivity index (χ1v) is 6.76. The molecule has 1 heterocycles. The molecule has 6 heteroatoms. The predicted octanol–water partition coefficient (Wildman–Crippen LogP) is 2.58. The molecule has 4 nitrogen and oxygen atoms in total. The Morgan fingerprint density at radius 3 is 2.31 bits per heavy atom. The van der Waals surface area contributed by atoms with Crippen LogP contribution in [-0.4, -0.2) is 13.6 Å². The number of rotatable bonds is 2. The van der Waals surface area contributed by atoms with Gasteiger partial charge in [0, 0.05) is 21.8 Å². The molecule has 0 N–H and O–H groups in total. The molecule has 0 aliphatic heterocycles. The highest BCUT2D eigenvalue weighted by molar-refractivity contribution is 8.13. The van der Waals surface area contributed by atoms with Crippen LogP contribution >= 0.6 is 10.7 Å². The number of hydrogen-bond acceptors (Lipinski definition) is 4. The van der Waals surface area contributed by atoms with Gasteiger partial charge < -0.3 is 4.52 Å². The number of halogens is 1. The maximum Gasteiger partial charge on any atom is 0.261 e. The van der Waals surface area contributed by atoms with Crippen LogP contribution in [0.2, 0.25) is 0 Å². The third-order valence-corrected chi connectivity index (χ3v) is 3.52. The summed E-state index contributed by atoms with van der Waals surface area (Å²) in [4.78, 5) is 0.0649. The Morgan fingerprint density at radius 2 is 1.88 bits per heavy atom. The highest BCUT2D eigenvalue weighted by Gasteiger charge is 2.11. The zero-order chi connectivity index (χ0) is 11.8. The summed E-state index contributed by atoms with van der Waals surface area (Å²) in [5, 5.41) is 3.65. The second kappa shape index (κ2) is 3.92. The van der Waals surface area contributed by atoms with E-state index in [1.165, 1.54) is 12.1 Å². The van der Waals surface area contributed by atoms with Gasteiger partial charge in [-0.1, -0.05) is 5.16 Å². The zero-order valence-corrected chi connectivity index (χ0v) is 9.92. The highest BCUT2D eigenvalue weighted by atomic mass is 35.7. The van der Waals surface area contributed by atoms with Crippen LogP contribution in [-0.2, 0) is 9.05 Å². The molecule has 0 aliphatic rings. The van der Waals surface area contributed by atoms with Gasteiger partial charge in [0.2, 0.25) is 0 Å². The maximum atomic E-state index is 11.0. The van der Waals surface area contributed by atoms with Crippen LogP contribution < -0.4 is 0 Å². The van der Waals surface area contributed by atoms with Crippen molar-refractivity contribution in [3.63, 3.8) is 0 Å². The molecular formula is C10H8ClNO3S. The van der Waals surface area contributed by atoms with E-state index < -0.39 is 9.05 Å². The molecule has 0 radical (unpaired) electrons. The molecule has 0 saturated carbocycles. The van der Waals surface area contributed by atoms with E-state index in [4.69, 9.17) is 15.2 Å². The molecule has 0 amide bonds. The van der Waals surface area contributed by atoms with E-state index in [2.05, 4.69) is 5.16 Å². The number of benzene rings is 1. The van der Waals surface area contributed by atoms with E-state index in [-0.39, 0.29) is 4.90 Å². The minimum absolute atomic E-state index is 0.0649. The molecule has 0 atom stereocenters. The molecule has 0 unspecified atom stereocenters. The standard InChI is InChI=1S/C10H8ClNO3S/c1-7-6-12-15-10(7)8-2-4-9(5-3-8)16(11,13)14/h2-6H,1H3. The van der Waals surface area contributed by atoms with E-state index in [1.807, 2.05) is 6.92 Å². The van der Waals surface area contributed by atoms with Gasteiger partial charge in [-0.2, -0.15) is 0 Å². The van der Waals surface area contributed by atoms with Crippen molar-refractivity contribution >= 4 is 19.7 Å². The first-order chi connectivity index (χ1) is 7.48. The highest BCUT2D eigenvalue weighted by Crippen LogP contribution is 2.25. The minimum atomic E-state index is -3.67. The van der Waals surface area contributed by atoms with E-state index in [1.54, 1.807) is 18.3 Å². The van der Waals surface area contributed by atoms with Gasteiger partial charge in [-0.05, 0) is 31.2 Å². The normalized spacial score (nSPS) is 11.6. The summed E-state index contributed by atoms with van der Waals surface area (Å²) in [6.07, 6.45) is 1.60. The Hall–Kier alpha value is -1.33. The quantitative estimate of drug-likeness (QED) is 0.776. The van der Waals surface area contributed by atoms with Gasteiger partial charge in [-0.15, -0.1) is 0 Å². The Bertz CT molecular complexity index is 601. The molecule has 2 aromatic rings. The lowest BCUT2D eigenvalue weighted by atomic mass is 10.1. The Balaban J connectivity index is 2.45. The molecule has 0 aliphatic carbocycles. The summed E-state index contributed by atoms with van der Waals surface area (Å²) in [6, 6.07) is 6.12. The Labute approximate surface area is 97.3 Å². The van der Waals surface area contributed by atoms with Crippen LogP contribution in [0.15, 0.2) is 39.9 Å². The average Bonchev–Trinajstić information content (AvgIpc) is 2.63. The average molecular weight is 258 g/mol. The lowest BCUT2D eigenvalue weighted by Gasteiger charge is -1.99. The monoisotopic (exact) mass is 257 g/mol. The summed E-state index contributed by atoms with van der Waals surface area (Å²) < 4.78 is 27.1. The van der Waals surface area contributed by atoms with Crippen molar-refractivity contribution in [1.82, 2.24) is 5.16 Å². The van der Waals surface area contributed by atoms with Crippen LogP contribution in [0.3, 0.4) is 0 Å². The molecule has 16 heavy (non-hydrogen) atoms. The first kappa shape index (κ1) is 11.2. The summed E-state index contributed by atoms with van der Waals surface area (Å²) in [5.74, 6) is 0.624. The van der Waals surface area contributed by atoms with Crippen molar-refractivity contribution in [2.75, 3.05) is 0 Å². The molecule has 2 rings (SSSR count). The third-order valence-electron chi connectivity index (χ3n) is 2.15. The maximum absolute atomic E-state index is 11.0. The SMILES string of the molecule is Cc1cnoc1-c1ccc(S(=O)(=O)Cl)cc1. The predicted molar refractivity (Wildman–Crippen MR) is 59.7 cm³/mol. The fourth-order valence-corrected chi connectivity index (χ4v) is 2.11. The van der Waals surface area contributed by atoms with Gasteiger partial charge in [0.15, 0.2) is 5.76 Å². The summed E-state index contributed by atoms with van der Waals surface area (Å²) in [7, 11) is 1.53. The van der Waals surface area contributed by atoms with Gasteiger partial charge in [-0.3, -0.25) is 0 Å². The van der Waals surface area contributed by atoms with Crippen molar-refractivity contribution in [2.24, 2.45) is 0 Å². The lowest BCUT2D eigenvalue weighted by molar-refractivity contribution is 0.432. The van der Waals surface area contributed by atoms with Crippen LogP contribution in [0, 0.1) is 6.92 Å². The molecule has 0 saturated heterocycles. The fourth-order valence-electron chi connectivity index (χ4n) is 1.34. The van der Waals surface area contributed by atoms with E-state index in [0.717, 1.165) is 11.1 Å². The summed E-state index contributed by atoms with van der Waals surface area (Å²) in [5.41, 5.74) is 1.65. The van der Waals surface area contributed by atoms with Crippen LogP contribution in [0.25, 0.3) is 11.3 Å². The van der Waals surface area contributed by atoms with Crippen molar-refractivity contribution in [3.8, 4) is 11.3 Å². The first-order valence-electron chi connectivity index (χ1n) is 4.45. The summed E-state index contributed by atoms with van der Waals surface area (Å²) >= 11 is 0. The van der Waals surface area contributed by atoms with Gasteiger partial charge in [0.1, 0.15) is 0 Å². The smallest absolute Gasteiger partial charge is 0.261 e. The largest absolute Gasteiger partial charge is 0.356 e. The molecular weight excluding hydrogens is 250 g/mol. The van der Waals surface area contributed by atoms with Gasteiger partial charge in [-0.25, -0.2) is 8.42 Å². The molecule has 1 aromatic heterocycles. The van der Waals surface area contributed by atoms with Gasteiger partial charge in [0.25, 0.3) is 9.05 Å². The number of nitrogens with zero attached hydrogens (tertiary/aromatic N) is 1. The van der Waals surface area contributed by atoms with Gasteiger partial charge in [0.05, 0.1) is 11.1 Å². The molecule has 1 aromatic carbocycles. The fraction of sp³-hybridized carbons (Fsp3) is 0.100. The zero-order valence-electron chi connectivity index (χ0n) is 8.34. The van der Waals surface area contributed by atoms with E-state index in [0.29, 0.717) is 5.76 Å². The second-order valence-electron chi connectivity index (χ2n) is 3.30. The molecule has 0 spiro atoms. The van der Waals surface area contributed by atoms with Crippen molar-refractivity contribution in [1.29, 1.82) is 0 Å². The Kier molecular flexibility index (Phi) is 2.73. The van der Waals surface area contributed by atoms with Crippen molar-refractivity contribution in [3.05, 3.63) is 36.0 Å². The number of hydrogen-bond donors (Lipinski definition) is 0. The number of aromatic nitrogens is 1. The molecule has 84 valence electrons. The van der Waals surface area contributed by atoms with E-state index in [9.17, 15) is 8.42 Å². The van der Waals surface area contributed by atoms with E-state index >= 15 is 0 Å². The van der Waals surface area contributed by atoms with Crippen molar-refractivity contribution < 1.29 is 12.9 Å². The van der Waals surface area contributed by atoms with Crippen LogP contribution in [0.5, 0.6) is 0 Å². The Morgan fingerprint density at radius 1 is 1.25 bits per heavy atom. The molecule has 0 bridgehead atoms. The number of aryl methyl sites for hydroxylation is 1.